The predicted octanol–water partition coefficient (Wildman–Crippen LogP) is 2.65. The first-order chi connectivity index (χ1) is 12.1. The summed E-state index contributed by atoms with van der Waals surface area (Å²) in [5.74, 6) is -0.979. The van der Waals surface area contributed by atoms with Gasteiger partial charge in [0.25, 0.3) is 0 Å². The van der Waals surface area contributed by atoms with E-state index in [1.54, 1.807) is 42.5 Å². The first-order valence-electron chi connectivity index (χ1n) is 7.63. The number of nitrogens with zero attached hydrogens (tertiary/aromatic N) is 1. The third-order valence-corrected chi connectivity index (χ3v) is 3.12. The summed E-state index contributed by atoms with van der Waals surface area (Å²) in [5, 5.41) is 6.27. The Bertz CT molecular complexity index is 783. The fraction of sp³-hybridized carbons (Fsp3) is 0.105. The molecule has 2 aromatic carbocycles. The third kappa shape index (κ3) is 5.95. The van der Waals surface area contributed by atoms with Gasteiger partial charge >= 0.3 is 11.8 Å². The van der Waals surface area contributed by atoms with Gasteiger partial charge in [0.2, 0.25) is 0 Å². The van der Waals surface area contributed by atoms with E-state index in [4.69, 9.17) is 4.74 Å². The van der Waals surface area contributed by atoms with Crippen molar-refractivity contribution >= 4 is 23.7 Å². The molecular weight excluding hydrogens is 318 g/mol. The van der Waals surface area contributed by atoms with E-state index in [1.807, 2.05) is 19.1 Å². The van der Waals surface area contributed by atoms with Crippen LogP contribution in [-0.2, 0) is 9.59 Å². The largest absolute Gasteiger partial charge is 0.490 e. The number of ether oxygens (including phenoxy) is 1. The molecule has 0 atom stereocenters. The van der Waals surface area contributed by atoms with Gasteiger partial charge in [-0.15, -0.1) is 0 Å². The minimum Gasteiger partial charge on any atom is -0.490 e. The summed E-state index contributed by atoms with van der Waals surface area (Å²) >= 11 is 0. The molecule has 0 spiro atoms. The minimum absolute atomic E-state index is 0.399. The molecule has 0 aliphatic heterocycles. The Morgan fingerprint density at radius 3 is 2.64 bits per heavy atom. The molecule has 0 radical (unpaired) electrons. The van der Waals surface area contributed by atoms with Crippen LogP contribution in [-0.4, -0.2) is 24.6 Å². The van der Waals surface area contributed by atoms with Crippen molar-refractivity contribution in [2.45, 2.75) is 6.92 Å². The van der Waals surface area contributed by atoms with Crippen molar-refractivity contribution in [1.82, 2.24) is 5.43 Å². The summed E-state index contributed by atoms with van der Waals surface area (Å²) in [6, 6.07) is 14.3. The van der Waals surface area contributed by atoms with Crippen LogP contribution in [0.4, 0.5) is 5.69 Å². The summed E-state index contributed by atoms with van der Waals surface area (Å²) < 4.78 is 5.41. The van der Waals surface area contributed by atoms with E-state index < -0.39 is 11.8 Å². The number of benzene rings is 2. The quantitative estimate of drug-likeness (QED) is 0.368. The molecule has 0 aromatic heterocycles. The highest BCUT2D eigenvalue weighted by molar-refractivity contribution is 6.39. The zero-order valence-corrected chi connectivity index (χ0v) is 13.9. The van der Waals surface area contributed by atoms with Crippen LogP contribution in [0.25, 0.3) is 0 Å². The van der Waals surface area contributed by atoms with Gasteiger partial charge in [-0.2, -0.15) is 5.10 Å². The molecule has 128 valence electrons. The molecule has 0 saturated heterocycles. The van der Waals surface area contributed by atoms with Crippen LogP contribution in [0.3, 0.4) is 0 Å². The fourth-order valence-corrected chi connectivity index (χ4v) is 1.88. The lowest BCUT2D eigenvalue weighted by atomic mass is 10.2. The van der Waals surface area contributed by atoms with E-state index in [-0.39, 0.29) is 0 Å². The molecule has 2 aromatic rings. The van der Waals surface area contributed by atoms with Gasteiger partial charge in [0, 0.05) is 5.69 Å². The van der Waals surface area contributed by atoms with Gasteiger partial charge in [0.1, 0.15) is 12.4 Å². The maximum atomic E-state index is 11.8. The van der Waals surface area contributed by atoms with Gasteiger partial charge in [-0.25, -0.2) is 5.43 Å². The van der Waals surface area contributed by atoms with E-state index in [2.05, 4.69) is 22.4 Å². The SMILES string of the molecule is C=CCOc1cccc(/C=N\NC(=O)C(=O)Nc2ccc(C)cc2)c1. The average Bonchev–Trinajstić information content (AvgIpc) is 2.62. The molecule has 2 rings (SSSR count). The number of carbonyl (C=O) groups is 2. The van der Waals surface area contributed by atoms with E-state index >= 15 is 0 Å². The van der Waals surface area contributed by atoms with Crippen LogP contribution in [0, 0.1) is 6.92 Å². The minimum atomic E-state index is -0.851. The lowest BCUT2D eigenvalue weighted by molar-refractivity contribution is -0.136. The van der Waals surface area contributed by atoms with Crippen molar-refractivity contribution in [3.8, 4) is 5.75 Å². The molecule has 0 bridgehead atoms. The molecule has 2 amide bonds. The maximum Gasteiger partial charge on any atom is 0.329 e. The molecule has 25 heavy (non-hydrogen) atoms. The number of carbonyl (C=O) groups excluding carboxylic acids is 2. The molecule has 0 aliphatic rings. The number of rotatable bonds is 6. The normalized spacial score (nSPS) is 10.3. The van der Waals surface area contributed by atoms with Crippen molar-refractivity contribution in [2.24, 2.45) is 5.10 Å². The van der Waals surface area contributed by atoms with Crippen LogP contribution >= 0.6 is 0 Å². The zero-order valence-electron chi connectivity index (χ0n) is 13.9. The molecule has 0 unspecified atom stereocenters. The Morgan fingerprint density at radius 1 is 1.16 bits per heavy atom. The van der Waals surface area contributed by atoms with Crippen molar-refractivity contribution in [3.63, 3.8) is 0 Å². The number of hydrogen-bond acceptors (Lipinski definition) is 4. The number of nitrogens with one attached hydrogen (secondary N) is 2. The second-order valence-electron chi connectivity index (χ2n) is 5.19. The number of amides is 2. The van der Waals surface area contributed by atoms with Gasteiger partial charge in [0.15, 0.2) is 0 Å². The van der Waals surface area contributed by atoms with Crippen LogP contribution in [0.5, 0.6) is 5.75 Å². The number of hydrogen-bond donors (Lipinski definition) is 2. The van der Waals surface area contributed by atoms with Gasteiger partial charge < -0.3 is 10.1 Å². The summed E-state index contributed by atoms with van der Waals surface area (Å²) in [5.41, 5.74) is 4.51. The average molecular weight is 337 g/mol. The zero-order chi connectivity index (χ0) is 18.1. The van der Waals surface area contributed by atoms with Crippen molar-refractivity contribution in [3.05, 3.63) is 72.3 Å². The van der Waals surface area contributed by atoms with Crippen LogP contribution < -0.4 is 15.5 Å². The maximum absolute atomic E-state index is 11.8. The van der Waals surface area contributed by atoms with Crippen LogP contribution in [0.1, 0.15) is 11.1 Å². The topological polar surface area (TPSA) is 79.8 Å². The highest BCUT2D eigenvalue weighted by Crippen LogP contribution is 2.12. The smallest absolute Gasteiger partial charge is 0.329 e. The Kier molecular flexibility index (Phi) is 6.47. The fourth-order valence-electron chi connectivity index (χ4n) is 1.88. The standard InChI is InChI=1S/C19H19N3O3/c1-3-11-25-17-6-4-5-15(12-17)13-20-22-19(24)18(23)21-16-9-7-14(2)8-10-16/h3-10,12-13H,1,11H2,2H3,(H,21,23)(H,22,24)/b20-13-. The highest BCUT2D eigenvalue weighted by Gasteiger charge is 2.12. The third-order valence-electron chi connectivity index (χ3n) is 3.12. The molecular formula is C19H19N3O3. The van der Waals surface area contributed by atoms with Gasteiger partial charge in [-0.05, 0) is 36.8 Å². The molecule has 2 N–H and O–H groups in total. The highest BCUT2D eigenvalue weighted by atomic mass is 16.5. The second kappa shape index (κ2) is 9.02. The molecule has 0 fully saturated rings. The van der Waals surface area contributed by atoms with Crippen molar-refractivity contribution in [1.29, 1.82) is 0 Å². The Balaban J connectivity index is 1.88. The first-order valence-corrected chi connectivity index (χ1v) is 7.63. The van der Waals surface area contributed by atoms with Gasteiger partial charge in [-0.3, -0.25) is 9.59 Å². The van der Waals surface area contributed by atoms with E-state index in [9.17, 15) is 9.59 Å². The summed E-state index contributed by atoms with van der Waals surface area (Å²) in [6.45, 7) is 5.92. The summed E-state index contributed by atoms with van der Waals surface area (Å²) in [4.78, 5) is 23.5. The van der Waals surface area contributed by atoms with E-state index in [1.165, 1.54) is 6.21 Å². The monoisotopic (exact) mass is 337 g/mol. The molecule has 6 nitrogen and oxygen atoms in total. The lowest BCUT2D eigenvalue weighted by Crippen LogP contribution is -2.32. The van der Waals surface area contributed by atoms with Crippen LogP contribution in [0.15, 0.2) is 66.3 Å². The van der Waals surface area contributed by atoms with Gasteiger partial charge in [0.05, 0.1) is 6.21 Å². The second-order valence-corrected chi connectivity index (χ2v) is 5.19. The molecule has 6 heteroatoms. The number of anilines is 1. The Morgan fingerprint density at radius 2 is 1.92 bits per heavy atom. The van der Waals surface area contributed by atoms with E-state index in [0.29, 0.717) is 18.0 Å². The Hall–Kier alpha value is -3.41. The summed E-state index contributed by atoms with van der Waals surface area (Å²) in [7, 11) is 0. The van der Waals surface area contributed by atoms with Crippen molar-refractivity contribution in [2.75, 3.05) is 11.9 Å². The van der Waals surface area contributed by atoms with Gasteiger partial charge in [-0.1, -0.05) is 42.5 Å². The summed E-state index contributed by atoms with van der Waals surface area (Å²) in [6.07, 6.45) is 3.07. The van der Waals surface area contributed by atoms with Crippen LogP contribution in [0.2, 0.25) is 0 Å². The lowest BCUT2D eigenvalue weighted by Gasteiger charge is -2.04. The first kappa shape index (κ1) is 17.9. The predicted molar refractivity (Wildman–Crippen MR) is 97.7 cm³/mol. The van der Waals surface area contributed by atoms with Crippen molar-refractivity contribution < 1.29 is 14.3 Å². The molecule has 0 heterocycles. The Labute approximate surface area is 146 Å². The van der Waals surface area contributed by atoms with E-state index in [0.717, 1.165) is 11.1 Å². The molecule has 0 aliphatic carbocycles. The number of hydrazone groups is 1. The molecule has 0 saturated carbocycles. The number of aryl methyl sites for hydroxylation is 1.